The fourth-order valence-electron chi connectivity index (χ4n) is 3.99. The predicted octanol–water partition coefficient (Wildman–Crippen LogP) is 3.00. The summed E-state index contributed by atoms with van der Waals surface area (Å²) < 4.78 is 6.69. The number of carbonyl (C=O) groups is 3. The molecule has 0 bridgehead atoms. The number of methoxy groups -OCH3 is 1. The van der Waals surface area contributed by atoms with Crippen molar-refractivity contribution in [2.45, 2.75) is 39.4 Å². The third-order valence-electron chi connectivity index (χ3n) is 5.87. The number of nitrogens with zero attached hydrogens (tertiary/aromatic N) is 3. The normalized spacial score (nSPS) is 14.0. The van der Waals surface area contributed by atoms with E-state index >= 15 is 0 Å². The van der Waals surface area contributed by atoms with E-state index in [1.54, 1.807) is 47.9 Å². The number of benzene rings is 2. The molecule has 9 heteroatoms. The molecule has 9 nitrogen and oxygen atoms in total. The van der Waals surface area contributed by atoms with Gasteiger partial charge in [0.05, 0.1) is 7.11 Å². The summed E-state index contributed by atoms with van der Waals surface area (Å²) >= 11 is 0. The van der Waals surface area contributed by atoms with Gasteiger partial charge in [-0.05, 0) is 50.1 Å². The lowest BCUT2D eigenvalue weighted by Crippen LogP contribution is -2.41. The molecule has 4 rings (SSSR count). The molecule has 0 saturated heterocycles. The van der Waals surface area contributed by atoms with E-state index in [0.29, 0.717) is 36.8 Å². The van der Waals surface area contributed by atoms with Crippen LogP contribution in [0.5, 0.6) is 5.75 Å². The van der Waals surface area contributed by atoms with Crippen LogP contribution in [-0.2, 0) is 17.9 Å². The molecular formula is C26H29N5O4. The smallest absolute Gasteiger partial charge is 0.272 e. The summed E-state index contributed by atoms with van der Waals surface area (Å²) in [4.78, 5) is 40.3. The molecule has 2 heterocycles. The first-order valence-electron chi connectivity index (χ1n) is 11.5. The summed E-state index contributed by atoms with van der Waals surface area (Å²) in [5.41, 5.74) is 3.26. The van der Waals surface area contributed by atoms with Crippen LogP contribution in [0, 0.1) is 6.92 Å². The molecule has 0 radical (unpaired) electrons. The fourth-order valence-corrected chi connectivity index (χ4v) is 3.99. The van der Waals surface area contributed by atoms with Crippen LogP contribution in [0.15, 0.2) is 54.6 Å². The highest BCUT2D eigenvalue weighted by Gasteiger charge is 2.27. The largest absolute Gasteiger partial charge is 0.497 e. The molecule has 1 aliphatic rings. The minimum Gasteiger partial charge on any atom is -0.497 e. The average Bonchev–Trinajstić information content (AvgIpc) is 3.22. The van der Waals surface area contributed by atoms with E-state index in [1.165, 1.54) is 6.07 Å². The van der Waals surface area contributed by atoms with Crippen molar-refractivity contribution in [1.29, 1.82) is 0 Å². The van der Waals surface area contributed by atoms with Crippen LogP contribution >= 0.6 is 0 Å². The molecule has 1 aliphatic heterocycles. The minimum atomic E-state index is -0.806. The van der Waals surface area contributed by atoms with E-state index in [-0.39, 0.29) is 17.5 Å². The first kappa shape index (κ1) is 24.0. The molecule has 2 aromatic carbocycles. The van der Waals surface area contributed by atoms with Gasteiger partial charge in [-0.2, -0.15) is 5.10 Å². The van der Waals surface area contributed by atoms with E-state index in [9.17, 15) is 14.4 Å². The molecule has 0 fully saturated rings. The van der Waals surface area contributed by atoms with Crippen LogP contribution in [0.25, 0.3) is 0 Å². The molecule has 3 aromatic rings. The van der Waals surface area contributed by atoms with Gasteiger partial charge in [-0.15, -0.1) is 0 Å². The maximum Gasteiger partial charge on any atom is 0.272 e. The van der Waals surface area contributed by atoms with Gasteiger partial charge in [-0.1, -0.05) is 29.8 Å². The molecule has 1 atom stereocenters. The zero-order valence-electron chi connectivity index (χ0n) is 20.1. The number of amides is 3. The topological polar surface area (TPSA) is 106 Å². The van der Waals surface area contributed by atoms with Crippen molar-refractivity contribution in [3.8, 4) is 5.75 Å². The van der Waals surface area contributed by atoms with Gasteiger partial charge in [0.2, 0.25) is 5.91 Å². The molecule has 0 saturated carbocycles. The molecular weight excluding hydrogens is 446 g/mol. The van der Waals surface area contributed by atoms with Gasteiger partial charge in [-0.3, -0.25) is 19.1 Å². The monoisotopic (exact) mass is 475 g/mol. The molecule has 1 unspecified atom stereocenters. The second kappa shape index (κ2) is 10.4. The Hall–Kier alpha value is -4.14. The number of aryl methyl sites for hydroxylation is 2. The Morgan fingerprint density at radius 1 is 1.11 bits per heavy atom. The second-order valence-electron chi connectivity index (χ2n) is 8.62. The number of fused-ring (bicyclic) bond motifs is 1. The third-order valence-corrected chi connectivity index (χ3v) is 5.87. The molecule has 2 N–H and O–H groups in total. The number of aromatic nitrogens is 2. The summed E-state index contributed by atoms with van der Waals surface area (Å²) in [6.45, 7) is 5.25. The number of hydrogen-bond acceptors (Lipinski definition) is 5. The Morgan fingerprint density at radius 2 is 1.89 bits per heavy atom. The fraction of sp³-hybridized carbons (Fsp3) is 0.308. The van der Waals surface area contributed by atoms with Gasteiger partial charge >= 0.3 is 0 Å². The lowest BCUT2D eigenvalue weighted by molar-refractivity contribution is -0.117. The van der Waals surface area contributed by atoms with Crippen molar-refractivity contribution < 1.29 is 19.1 Å². The van der Waals surface area contributed by atoms with Crippen molar-refractivity contribution in [1.82, 2.24) is 20.0 Å². The van der Waals surface area contributed by atoms with E-state index in [1.807, 2.05) is 25.1 Å². The standard InChI is InChI=1S/C26H29N5O4/c1-17-6-4-7-19(14-17)16-30-12-5-13-31-23(26(30)34)15-22(29-31)25(33)27-18(2)24(32)28-20-8-10-21(35-3)11-9-20/h4,6-11,14-15,18H,5,12-13,16H2,1-3H3,(H,27,33)(H,28,32). The van der Waals surface area contributed by atoms with Crippen LogP contribution in [0.1, 0.15) is 45.4 Å². The zero-order chi connectivity index (χ0) is 24.9. The molecule has 3 amide bonds. The van der Waals surface area contributed by atoms with Gasteiger partial charge in [0.25, 0.3) is 11.8 Å². The molecule has 0 spiro atoms. The minimum absolute atomic E-state index is 0.106. The van der Waals surface area contributed by atoms with Gasteiger partial charge in [0, 0.05) is 31.4 Å². The Morgan fingerprint density at radius 3 is 2.60 bits per heavy atom. The maximum atomic E-state index is 13.2. The highest BCUT2D eigenvalue weighted by molar-refractivity contribution is 6.01. The SMILES string of the molecule is COc1ccc(NC(=O)C(C)NC(=O)c2cc3n(n2)CCCN(Cc2cccc(C)c2)C3=O)cc1. The van der Waals surface area contributed by atoms with Crippen molar-refractivity contribution in [3.63, 3.8) is 0 Å². The number of hydrogen-bond donors (Lipinski definition) is 2. The lowest BCUT2D eigenvalue weighted by Gasteiger charge is -2.20. The van der Waals surface area contributed by atoms with E-state index in [4.69, 9.17) is 4.74 Å². The Kier molecular flexibility index (Phi) is 7.14. The van der Waals surface area contributed by atoms with Crippen LogP contribution in [0.3, 0.4) is 0 Å². The number of ether oxygens (including phenoxy) is 1. The van der Waals surface area contributed by atoms with Gasteiger partial charge in [0.15, 0.2) is 5.69 Å². The van der Waals surface area contributed by atoms with Crippen molar-refractivity contribution in [2.75, 3.05) is 19.0 Å². The Labute approximate surface area is 204 Å². The number of carbonyl (C=O) groups excluding carboxylic acids is 3. The average molecular weight is 476 g/mol. The summed E-state index contributed by atoms with van der Waals surface area (Å²) in [5.74, 6) is -0.373. The van der Waals surface area contributed by atoms with Crippen molar-refractivity contribution in [3.05, 3.63) is 77.1 Å². The highest BCUT2D eigenvalue weighted by atomic mass is 16.5. The van der Waals surface area contributed by atoms with Gasteiger partial charge in [0.1, 0.15) is 17.5 Å². The molecule has 0 aliphatic carbocycles. The molecule has 1 aromatic heterocycles. The van der Waals surface area contributed by atoms with Crippen LogP contribution in [0.2, 0.25) is 0 Å². The number of nitrogens with one attached hydrogen (secondary N) is 2. The van der Waals surface area contributed by atoms with Crippen molar-refractivity contribution >= 4 is 23.4 Å². The zero-order valence-corrected chi connectivity index (χ0v) is 20.1. The second-order valence-corrected chi connectivity index (χ2v) is 8.62. The van der Waals surface area contributed by atoms with Gasteiger partial charge in [-0.25, -0.2) is 0 Å². The summed E-state index contributed by atoms with van der Waals surface area (Å²) in [7, 11) is 1.57. The Bertz CT molecular complexity index is 1230. The van der Waals surface area contributed by atoms with Gasteiger partial charge < -0.3 is 20.3 Å². The Balaban J connectivity index is 1.41. The number of rotatable bonds is 7. The summed E-state index contributed by atoms with van der Waals surface area (Å²) in [6.07, 6.45) is 0.730. The first-order valence-corrected chi connectivity index (χ1v) is 11.5. The van der Waals surface area contributed by atoms with Crippen LogP contribution < -0.4 is 15.4 Å². The van der Waals surface area contributed by atoms with E-state index in [0.717, 1.165) is 17.5 Å². The maximum absolute atomic E-state index is 13.2. The predicted molar refractivity (Wildman–Crippen MR) is 131 cm³/mol. The van der Waals surface area contributed by atoms with E-state index < -0.39 is 11.9 Å². The summed E-state index contributed by atoms with van der Waals surface area (Å²) in [5, 5.41) is 9.75. The number of anilines is 1. The molecule has 35 heavy (non-hydrogen) atoms. The van der Waals surface area contributed by atoms with Crippen LogP contribution in [0.4, 0.5) is 5.69 Å². The van der Waals surface area contributed by atoms with Crippen molar-refractivity contribution in [2.24, 2.45) is 0 Å². The summed E-state index contributed by atoms with van der Waals surface area (Å²) in [6, 6.07) is 15.6. The quantitative estimate of drug-likeness (QED) is 0.547. The van der Waals surface area contributed by atoms with E-state index in [2.05, 4.69) is 21.8 Å². The third kappa shape index (κ3) is 5.68. The lowest BCUT2D eigenvalue weighted by atomic mass is 10.1. The van der Waals surface area contributed by atoms with Crippen LogP contribution in [-0.4, -0.2) is 52.1 Å². The highest BCUT2D eigenvalue weighted by Crippen LogP contribution is 2.18. The first-order chi connectivity index (χ1) is 16.8. The molecule has 182 valence electrons.